The van der Waals surface area contributed by atoms with Crippen molar-refractivity contribution in [1.29, 1.82) is 0 Å². The van der Waals surface area contributed by atoms with Crippen molar-refractivity contribution in [1.82, 2.24) is 0 Å². The average Bonchev–Trinajstić information content (AvgIpc) is 2.82. The summed E-state index contributed by atoms with van der Waals surface area (Å²) in [5.41, 5.74) is -1.60. The van der Waals surface area contributed by atoms with E-state index in [4.69, 9.17) is 0 Å². The molecule has 0 aromatic rings. The third-order valence-corrected chi connectivity index (χ3v) is 9.18. The zero-order valence-electron chi connectivity index (χ0n) is 15.8. The molecular weight excluding hydrogens is 316 g/mol. The third-order valence-electron chi connectivity index (χ3n) is 9.18. The molecule has 4 fully saturated rings. The highest BCUT2D eigenvalue weighted by Crippen LogP contribution is 2.67. The first-order valence-electron chi connectivity index (χ1n) is 10.1. The second-order valence-electron chi connectivity index (χ2n) is 9.95. The van der Waals surface area contributed by atoms with E-state index in [0.29, 0.717) is 30.5 Å². The van der Waals surface area contributed by atoms with Crippen molar-refractivity contribution < 1.29 is 19.8 Å². The van der Waals surface area contributed by atoms with Gasteiger partial charge in [-0.1, -0.05) is 13.8 Å². The summed E-state index contributed by atoms with van der Waals surface area (Å²) in [6.45, 7) is 5.89. The van der Waals surface area contributed by atoms with E-state index >= 15 is 0 Å². The Kier molecular flexibility index (Phi) is 3.81. The standard InChI is InChI=1S/C21H32O4/c1-12(22)21(25)9-6-16-18-15(5-8-20(16,21)3)19(2)7-4-14(23)10-13(19)11-17(18)24/h13-16,18,23,25H,4-11H2,1-3H3/t13?,14?,15-,16-,18+,19-,20-,21-/m0/s1. The summed E-state index contributed by atoms with van der Waals surface area (Å²) in [5.74, 6) is 0.941. The Labute approximate surface area is 150 Å². The summed E-state index contributed by atoms with van der Waals surface area (Å²) in [5, 5.41) is 21.2. The molecule has 0 spiro atoms. The summed E-state index contributed by atoms with van der Waals surface area (Å²) in [6, 6.07) is 0. The Morgan fingerprint density at radius 2 is 1.76 bits per heavy atom. The van der Waals surface area contributed by atoms with Crippen LogP contribution >= 0.6 is 0 Å². The molecule has 0 radical (unpaired) electrons. The second-order valence-corrected chi connectivity index (χ2v) is 9.95. The fourth-order valence-corrected chi connectivity index (χ4v) is 7.51. The van der Waals surface area contributed by atoms with Crippen LogP contribution < -0.4 is 0 Å². The Hall–Kier alpha value is -0.740. The highest BCUT2D eigenvalue weighted by Gasteiger charge is 2.67. The number of hydrogen-bond acceptors (Lipinski definition) is 4. The number of hydrogen-bond donors (Lipinski definition) is 2. The van der Waals surface area contributed by atoms with Gasteiger partial charge in [-0.2, -0.15) is 0 Å². The lowest BCUT2D eigenvalue weighted by Crippen LogP contribution is -2.60. The van der Waals surface area contributed by atoms with E-state index in [1.54, 1.807) is 0 Å². The molecule has 4 aliphatic carbocycles. The summed E-state index contributed by atoms with van der Waals surface area (Å²) in [7, 11) is 0. The first-order chi connectivity index (χ1) is 11.6. The van der Waals surface area contributed by atoms with Gasteiger partial charge in [0.1, 0.15) is 11.4 Å². The van der Waals surface area contributed by atoms with Crippen LogP contribution in [0.2, 0.25) is 0 Å². The number of aliphatic hydroxyl groups excluding tert-OH is 1. The van der Waals surface area contributed by atoms with Crippen LogP contribution in [0.4, 0.5) is 0 Å². The van der Waals surface area contributed by atoms with Crippen LogP contribution in [0.3, 0.4) is 0 Å². The van der Waals surface area contributed by atoms with E-state index < -0.39 is 11.0 Å². The average molecular weight is 348 g/mol. The molecule has 4 aliphatic rings. The Morgan fingerprint density at radius 3 is 2.44 bits per heavy atom. The Balaban J connectivity index is 1.71. The second kappa shape index (κ2) is 5.39. The minimum Gasteiger partial charge on any atom is -0.393 e. The minimum absolute atomic E-state index is 0.0105. The number of Topliss-reactive ketones (excluding diaryl/α,β-unsaturated/α-hetero) is 2. The van der Waals surface area contributed by atoms with Crippen molar-refractivity contribution in [2.45, 2.75) is 83.8 Å². The van der Waals surface area contributed by atoms with Crippen molar-refractivity contribution in [2.24, 2.45) is 34.5 Å². The smallest absolute Gasteiger partial charge is 0.161 e. The molecule has 0 bridgehead atoms. The molecule has 2 N–H and O–H groups in total. The van der Waals surface area contributed by atoms with Crippen molar-refractivity contribution in [3.05, 3.63) is 0 Å². The first-order valence-corrected chi connectivity index (χ1v) is 10.1. The van der Waals surface area contributed by atoms with Gasteiger partial charge in [-0.15, -0.1) is 0 Å². The lowest BCUT2D eigenvalue weighted by atomic mass is 9.44. The van der Waals surface area contributed by atoms with Crippen LogP contribution in [0.5, 0.6) is 0 Å². The highest BCUT2D eigenvalue weighted by molar-refractivity contribution is 5.88. The number of ketones is 2. The predicted molar refractivity (Wildman–Crippen MR) is 93.8 cm³/mol. The molecule has 4 rings (SSSR count). The largest absolute Gasteiger partial charge is 0.393 e. The van der Waals surface area contributed by atoms with Gasteiger partial charge < -0.3 is 10.2 Å². The number of aliphatic hydroxyl groups is 2. The third kappa shape index (κ3) is 2.13. The fourth-order valence-electron chi connectivity index (χ4n) is 7.51. The number of rotatable bonds is 1. The molecule has 8 atom stereocenters. The van der Waals surface area contributed by atoms with Gasteiger partial charge in [-0.25, -0.2) is 0 Å². The quantitative estimate of drug-likeness (QED) is 0.764. The van der Waals surface area contributed by atoms with E-state index in [9.17, 15) is 19.8 Å². The van der Waals surface area contributed by atoms with Gasteiger partial charge in [0.05, 0.1) is 6.10 Å². The maximum Gasteiger partial charge on any atom is 0.161 e. The molecule has 25 heavy (non-hydrogen) atoms. The zero-order valence-corrected chi connectivity index (χ0v) is 15.8. The molecule has 0 aromatic heterocycles. The van der Waals surface area contributed by atoms with Gasteiger partial charge in [-0.05, 0) is 75.0 Å². The Morgan fingerprint density at radius 1 is 1.08 bits per heavy atom. The van der Waals surface area contributed by atoms with Crippen LogP contribution in [0.1, 0.15) is 72.1 Å². The summed E-state index contributed by atoms with van der Waals surface area (Å²) >= 11 is 0. The van der Waals surface area contributed by atoms with E-state index in [1.807, 2.05) is 0 Å². The van der Waals surface area contributed by atoms with Crippen molar-refractivity contribution in [3.63, 3.8) is 0 Å². The molecular formula is C21H32O4. The lowest BCUT2D eigenvalue weighted by Gasteiger charge is -2.60. The van der Waals surface area contributed by atoms with Crippen molar-refractivity contribution in [2.75, 3.05) is 0 Å². The molecule has 4 heteroatoms. The van der Waals surface area contributed by atoms with Crippen LogP contribution in [-0.4, -0.2) is 33.5 Å². The van der Waals surface area contributed by atoms with Gasteiger partial charge in [0, 0.05) is 17.8 Å². The predicted octanol–water partition coefficient (Wildman–Crippen LogP) is 2.89. The molecule has 0 aliphatic heterocycles. The van der Waals surface area contributed by atoms with E-state index in [2.05, 4.69) is 13.8 Å². The monoisotopic (exact) mass is 348 g/mol. The Bertz CT molecular complexity index is 615. The fraction of sp³-hybridized carbons (Fsp3) is 0.905. The zero-order chi connectivity index (χ0) is 18.2. The molecule has 140 valence electrons. The SMILES string of the molecule is CC(=O)[C@@]1(O)CC[C@H]2[C@@H]3C(=O)CC4CC(O)CC[C@]4(C)[C@H]3CC[C@@]21C. The van der Waals surface area contributed by atoms with Gasteiger partial charge in [0.25, 0.3) is 0 Å². The van der Waals surface area contributed by atoms with Crippen LogP contribution in [0.25, 0.3) is 0 Å². The van der Waals surface area contributed by atoms with Crippen LogP contribution in [0, 0.1) is 34.5 Å². The molecule has 0 aromatic carbocycles. The summed E-state index contributed by atoms with van der Waals surface area (Å²) < 4.78 is 0. The van der Waals surface area contributed by atoms with E-state index in [0.717, 1.165) is 38.5 Å². The van der Waals surface area contributed by atoms with Crippen molar-refractivity contribution in [3.8, 4) is 0 Å². The molecule has 0 amide bonds. The van der Waals surface area contributed by atoms with E-state index in [1.165, 1.54) is 6.92 Å². The summed E-state index contributed by atoms with van der Waals surface area (Å²) in [6.07, 6.45) is 5.92. The van der Waals surface area contributed by atoms with Gasteiger partial charge >= 0.3 is 0 Å². The van der Waals surface area contributed by atoms with Crippen LogP contribution in [-0.2, 0) is 9.59 Å². The lowest BCUT2D eigenvalue weighted by molar-refractivity contribution is -0.176. The van der Waals surface area contributed by atoms with E-state index in [-0.39, 0.29) is 29.1 Å². The normalized spacial score (nSPS) is 55.2. The summed E-state index contributed by atoms with van der Waals surface area (Å²) in [4.78, 5) is 25.4. The minimum atomic E-state index is -1.26. The number of carbonyl (C=O) groups is 2. The number of fused-ring (bicyclic) bond motifs is 5. The van der Waals surface area contributed by atoms with Gasteiger partial charge in [0.15, 0.2) is 5.78 Å². The molecule has 0 heterocycles. The maximum atomic E-state index is 13.1. The molecule has 4 saturated carbocycles. The highest BCUT2D eigenvalue weighted by atomic mass is 16.3. The van der Waals surface area contributed by atoms with Crippen molar-refractivity contribution >= 4 is 11.6 Å². The van der Waals surface area contributed by atoms with Crippen LogP contribution in [0.15, 0.2) is 0 Å². The topological polar surface area (TPSA) is 74.6 Å². The molecule has 0 saturated heterocycles. The number of carbonyl (C=O) groups excluding carboxylic acids is 2. The first kappa shape index (κ1) is 17.7. The van der Waals surface area contributed by atoms with Gasteiger partial charge in [0.2, 0.25) is 0 Å². The maximum absolute atomic E-state index is 13.1. The molecule has 4 nitrogen and oxygen atoms in total. The van der Waals surface area contributed by atoms with Gasteiger partial charge in [-0.3, -0.25) is 9.59 Å². The molecule has 2 unspecified atom stereocenters.